The number of hydrogen-bond donors (Lipinski definition) is 0. The van der Waals surface area contributed by atoms with Crippen LogP contribution in [0.1, 0.15) is 28.7 Å². The number of likely N-dealkylation sites (tertiary alicyclic amines) is 1. The third-order valence-corrected chi connectivity index (χ3v) is 7.42. The molecule has 2 aromatic carbocycles. The molecule has 1 aliphatic carbocycles. The molecule has 2 unspecified atom stereocenters. The van der Waals surface area contributed by atoms with Crippen molar-refractivity contribution in [3.63, 3.8) is 0 Å². The molecule has 8 heteroatoms. The summed E-state index contributed by atoms with van der Waals surface area (Å²) in [5.41, 5.74) is 2.37. The summed E-state index contributed by atoms with van der Waals surface area (Å²) in [7, 11) is 7.85. The lowest BCUT2D eigenvalue weighted by Gasteiger charge is -2.39. The Hall–Kier alpha value is -3.52. The van der Waals surface area contributed by atoms with Crippen LogP contribution in [0, 0.1) is 5.41 Å². The van der Waals surface area contributed by atoms with Crippen molar-refractivity contribution >= 4 is 22.8 Å². The Morgan fingerprint density at radius 3 is 2.38 bits per heavy atom. The molecule has 178 valence electrons. The standard InChI is InChI=1S/C26H28N2O6/c1-27-13-18-22-17(7-6-8-20(22)27)19-14-28(12-15-9-10-16(31-2)11-21(15)32-3)23(18)26(19,24(29)33-4)25(30)34-5/h6-11,13,19,23H,12,14H2,1-5H3. The lowest BCUT2D eigenvalue weighted by molar-refractivity contribution is -0.173. The van der Waals surface area contributed by atoms with Crippen LogP contribution in [0.5, 0.6) is 11.5 Å². The molecule has 1 aromatic heterocycles. The summed E-state index contributed by atoms with van der Waals surface area (Å²) in [6, 6.07) is 11.1. The summed E-state index contributed by atoms with van der Waals surface area (Å²) in [6.45, 7) is 0.954. The van der Waals surface area contributed by atoms with E-state index < -0.39 is 29.3 Å². The summed E-state index contributed by atoms with van der Waals surface area (Å²) in [6.07, 6.45) is 2.01. The Kier molecular flexibility index (Phi) is 5.28. The van der Waals surface area contributed by atoms with Gasteiger partial charge in [0.1, 0.15) is 11.5 Å². The quantitative estimate of drug-likeness (QED) is 0.410. The van der Waals surface area contributed by atoms with Crippen molar-refractivity contribution in [3.05, 3.63) is 59.3 Å². The molecule has 1 fully saturated rings. The van der Waals surface area contributed by atoms with Crippen LogP contribution in [0.4, 0.5) is 0 Å². The fourth-order valence-electron chi connectivity index (χ4n) is 6.04. The molecule has 2 bridgehead atoms. The lowest BCUT2D eigenvalue weighted by atomic mass is 9.64. The third-order valence-electron chi connectivity index (χ3n) is 7.42. The normalized spacial score (nSPS) is 20.3. The summed E-state index contributed by atoms with van der Waals surface area (Å²) >= 11 is 0. The highest BCUT2D eigenvalue weighted by Crippen LogP contribution is 2.62. The molecule has 2 aliphatic rings. The molecule has 0 saturated carbocycles. The second-order valence-electron chi connectivity index (χ2n) is 8.85. The third kappa shape index (κ3) is 2.81. The van der Waals surface area contributed by atoms with E-state index in [2.05, 4.69) is 11.0 Å². The molecule has 3 aromatic rings. The van der Waals surface area contributed by atoms with Crippen LogP contribution in [0.15, 0.2) is 42.6 Å². The van der Waals surface area contributed by atoms with Gasteiger partial charge < -0.3 is 23.5 Å². The number of esters is 2. The van der Waals surface area contributed by atoms with Gasteiger partial charge in [-0.1, -0.05) is 18.2 Å². The number of hydrogen-bond acceptors (Lipinski definition) is 7. The molecule has 0 amide bonds. The van der Waals surface area contributed by atoms with Gasteiger partial charge in [0.25, 0.3) is 0 Å². The predicted octanol–water partition coefficient (Wildman–Crippen LogP) is 3.18. The van der Waals surface area contributed by atoms with Crippen molar-refractivity contribution in [2.24, 2.45) is 12.5 Å². The Bertz CT molecular complexity index is 1280. The highest BCUT2D eigenvalue weighted by Gasteiger charge is 2.69. The fourth-order valence-corrected chi connectivity index (χ4v) is 6.04. The van der Waals surface area contributed by atoms with Gasteiger partial charge in [0, 0.05) is 54.8 Å². The Morgan fingerprint density at radius 1 is 1.00 bits per heavy atom. The maximum atomic E-state index is 13.5. The van der Waals surface area contributed by atoms with E-state index in [0.717, 1.165) is 27.6 Å². The number of methoxy groups -OCH3 is 4. The monoisotopic (exact) mass is 464 g/mol. The van der Waals surface area contributed by atoms with Crippen molar-refractivity contribution in [3.8, 4) is 11.5 Å². The summed E-state index contributed by atoms with van der Waals surface area (Å²) < 4.78 is 23.6. The average molecular weight is 465 g/mol. The Morgan fingerprint density at radius 2 is 1.74 bits per heavy atom. The SMILES string of the molecule is COC(=O)C1(C(=O)OC)C2CN(Cc3ccc(OC)cc3OC)C1c1cn(C)c3cccc2c13. The van der Waals surface area contributed by atoms with E-state index >= 15 is 0 Å². The van der Waals surface area contributed by atoms with Gasteiger partial charge in [-0.05, 0) is 23.3 Å². The molecule has 0 spiro atoms. The average Bonchev–Trinajstić information content (AvgIpc) is 3.33. The minimum atomic E-state index is -1.51. The number of aryl methyl sites for hydroxylation is 1. The smallest absolute Gasteiger partial charge is 0.325 e. The first-order valence-electron chi connectivity index (χ1n) is 11.1. The minimum Gasteiger partial charge on any atom is -0.497 e. The van der Waals surface area contributed by atoms with Crippen molar-refractivity contribution < 1.29 is 28.5 Å². The number of aromatic nitrogens is 1. The van der Waals surface area contributed by atoms with E-state index in [1.54, 1.807) is 14.2 Å². The zero-order valence-electron chi connectivity index (χ0n) is 20.0. The number of carbonyl (C=O) groups excluding carboxylic acids is 2. The highest BCUT2D eigenvalue weighted by atomic mass is 16.5. The highest BCUT2D eigenvalue weighted by molar-refractivity contribution is 6.06. The van der Waals surface area contributed by atoms with Gasteiger partial charge in [0.2, 0.25) is 0 Å². The number of fused-ring (bicyclic) bond motifs is 4. The maximum absolute atomic E-state index is 13.5. The number of rotatable bonds is 6. The van der Waals surface area contributed by atoms with Crippen LogP contribution in [0.2, 0.25) is 0 Å². The molecule has 5 rings (SSSR count). The number of nitrogens with zero attached hydrogens (tertiary/aromatic N) is 2. The zero-order valence-corrected chi connectivity index (χ0v) is 20.0. The van der Waals surface area contributed by atoms with Crippen LogP contribution in [0.3, 0.4) is 0 Å². The van der Waals surface area contributed by atoms with Gasteiger partial charge in [0.15, 0.2) is 5.41 Å². The van der Waals surface area contributed by atoms with E-state index in [-0.39, 0.29) is 0 Å². The summed E-state index contributed by atoms with van der Waals surface area (Å²) in [4.78, 5) is 29.1. The molecule has 2 atom stereocenters. The fraction of sp³-hybridized carbons (Fsp3) is 0.385. The molecule has 0 radical (unpaired) electrons. The van der Waals surface area contributed by atoms with E-state index in [9.17, 15) is 9.59 Å². The van der Waals surface area contributed by atoms with Gasteiger partial charge >= 0.3 is 11.9 Å². The predicted molar refractivity (Wildman–Crippen MR) is 125 cm³/mol. The Labute approximate surface area is 197 Å². The van der Waals surface area contributed by atoms with E-state index in [1.807, 2.05) is 48.1 Å². The second-order valence-corrected chi connectivity index (χ2v) is 8.85. The summed E-state index contributed by atoms with van der Waals surface area (Å²) in [5, 5.41) is 1.09. The van der Waals surface area contributed by atoms with Crippen LogP contribution in [0.25, 0.3) is 10.9 Å². The van der Waals surface area contributed by atoms with Gasteiger partial charge in [0.05, 0.1) is 34.5 Å². The minimum absolute atomic E-state index is 0.416. The maximum Gasteiger partial charge on any atom is 0.325 e. The number of benzene rings is 2. The van der Waals surface area contributed by atoms with Gasteiger partial charge in [-0.15, -0.1) is 0 Å². The first kappa shape index (κ1) is 22.3. The summed E-state index contributed by atoms with van der Waals surface area (Å²) in [5.74, 6) is -0.204. The molecule has 1 saturated heterocycles. The van der Waals surface area contributed by atoms with E-state index in [1.165, 1.54) is 14.2 Å². The van der Waals surface area contributed by atoms with Gasteiger partial charge in [-0.2, -0.15) is 0 Å². The zero-order chi connectivity index (χ0) is 24.2. The molecule has 2 heterocycles. The van der Waals surface area contributed by atoms with Gasteiger partial charge in [-0.3, -0.25) is 14.5 Å². The first-order valence-corrected chi connectivity index (χ1v) is 11.1. The second kappa shape index (κ2) is 8.06. The molecule has 8 nitrogen and oxygen atoms in total. The molecular weight excluding hydrogens is 436 g/mol. The lowest BCUT2D eigenvalue weighted by Crippen LogP contribution is -2.50. The van der Waals surface area contributed by atoms with Crippen molar-refractivity contribution in [1.29, 1.82) is 0 Å². The molecule has 0 N–H and O–H groups in total. The van der Waals surface area contributed by atoms with E-state index in [0.29, 0.717) is 24.6 Å². The van der Waals surface area contributed by atoms with Crippen molar-refractivity contribution in [1.82, 2.24) is 9.47 Å². The van der Waals surface area contributed by atoms with Crippen LogP contribution < -0.4 is 9.47 Å². The Balaban J connectivity index is 1.72. The van der Waals surface area contributed by atoms with Crippen LogP contribution in [-0.2, 0) is 32.7 Å². The molecule has 34 heavy (non-hydrogen) atoms. The van der Waals surface area contributed by atoms with Crippen molar-refractivity contribution in [2.75, 3.05) is 35.0 Å². The van der Waals surface area contributed by atoms with Crippen molar-refractivity contribution in [2.45, 2.75) is 18.5 Å². The largest absolute Gasteiger partial charge is 0.497 e. The van der Waals surface area contributed by atoms with Gasteiger partial charge in [-0.25, -0.2) is 0 Å². The van der Waals surface area contributed by atoms with Crippen LogP contribution >= 0.6 is 0 Å². The van der Waals surface area contributed by atoms with E-state index in [4.69, 9.17) is 18.9 Å². The number of ether oxygens (including phenoxy) is 4. The molecular formula is C26H28N2O6. The number of carbonyl (C=O) groups is 2. The van der Waals surface area contributed by atoms with Crippen LogP contribution in [-0.4, -0.2) is 56.4 Å². The topological polar surface area (TPSA) is 79.2 Å². The molecule has 1 aliphatic heterocycles. The first-order chi connectivity index (χ1) is 16.4.